The largest absolute Gasteiger partial charge is 0.487 e. The molecule has 210 valence electrons. The summed E-state index contributed by atoms with van der Waals surface area (Å²) in [5, 5.41) is 13.6. The predicted octanol–water partition coefficient (Wildman–Crippen LogP) is 7.13. The number of amides is 1. The van der Waals surface area contributed by atoms with Gasteiger partial charge in [0.2, 0.25) is 0 Å². The number of benzene rings is 3. The molecule has 0 aliphatic heterocycles. The number of carbonyl (C=O) groups is 1. The molecule has 0 fully saturated rings. The third-order valence-corrected chi connectivity index (χ3v) is 6.78. The van der Waals surface area contributed by atoms with Gasteiger partial charge in [-0.05, 0) is 92.2 Å². The molecule has 42 heavy (non-hydrogen) atoms. The van der Waals surface area contributed by atoms with Crippen molar-refractivity contribution in [1.29, 1.82) is 5.26 Å². The van der Waals surface area contributed by atoms with Crippen molar-refractivity contribution in [2.75, 3.05) is 0 Å². The summed E-state index contributed by atoms with van der Waals surface area (Å²) in [5.41, 5.74) is 7.80. The third-order valence-electron chi connectivity index (χ3n) is 6.49. The van der Waals surface area contributed by atoms with E-state index >= 15 is 0 Å². The van der Waals surface area contributed by atoms with Crippen LogP contribution in [-0.4, -0.2) is 16.7 Å². The second-order valence-corrected chi connectivity index (χ2v) is 9.85. The number of hydrogen-bond donors (Lipinski definition) is 1. The number of aromatic nitrogens is 1. The Kier molecular flexibility index (Phi) is 8.71. The zero-order valence-electron chi connectivity index (χ0n) is 23.0. The second-order valence-electron chi connectivity index (χ2n) is 9.45. The van der Waals surface area contributed by atoms with Crippen LogP contribution < -0.4 is 14.9 Å². The first-order valence-electron chi connectivity index (χ1n) is 13.1. The van der Waals surface area contributed by atoms with Gasteiger partial charge in [0.15, 0.2) is 5.76 Å². The first-order chi connectivity index (χ1) is 20.4. The Labute approximate surface area is 248 Å². The zero-order valence-corrected chi connectivity index (χ0v) is 23.8. The second kappa shape index (κ2) is 12.9. The lowest BCUT2D eigenvalue weighted by molar-refractivity contribution is 0.0923. The molecule has 0 atom stereocenters. The van der Waals surface area contributed by atoms with E-state index in [2.05, 4.69) is 47.1 Å². The maximum Gasteiger partial charge on any atom is 0.307 e. The summed E-state index contributed by atoms with van der Waals surface area (Å²) in [4.78, 5) is 12.5. The normalized spacial score (nSPS) is 10.9. The standard InChI is InChI=1S/C33H27ClN4O4/c1-22-7-8-23(2)38(22)27-10-12-28(13-11-27)40-21-29-14-16-32(42-29)33(39)37-36-19-24-9-15-31(30(34)17-24)41-20-26-6-4-3-5-25(26)18-35/h3-17,19H,20-21H2,1-2H3,(H,37,39)/b36-19+. The molecule has 0 saturated heterocycles. The molecule has 0 aliphatic rings. The van der Waals surface area contributed by atoms with Gasteiger partial charge >= 0.3 is 5.91 Å². The predicted molar refractivity (Wildman–Crippen MR) is 160 cm³/mol. The zero-order chi connectivity index (χ0) is 29.5. The maximum atomic E-state index is 12.5. The Morgan fingerprint density at radius 2 is 1.74 bits per heavy atom. The Morgan fingerprint density at radius 1 is 0.976 bits per heavy atom. The SMILES string of the molecule is Cc1ccc(C)n1-c1ccc(OCc2ccc(C(=O)N/N=C/c3ccc(OCc4ccccc4C#N)c(Cl)c3)o2)cc1. The van der Waals surface area contributed by atoms with Gasteiger partial charge in [0.1, 0.15) is 30.5 Å². The van der Waals surface area contributed by atoms with E-state index in [-0.39, 0.29) is 19.0 Å². The number of hydrazone groups is 1. The number of nitriles is 1. The van der Waals surface area contributed by atoms with Gasteiger partial charge in [-0.15, -0.1) is 0 Å². The van der Waals surface area contributed by atoms with E-state index in [1.807, 2.05) is 36.4 Å². The highest BCUT2D eigenvalue weighted by molar-refractivity contribution is 6.32. The van der Waals surface area contributed by atoms with E-state index in [1.165, 1.54) is 6.21 Å². The van der Waals surface area contributed by atoms with Crippen LogP contribution in [0.5, 0.6) is 11.5 Å². The molecule has 5 rings (SSSR count). The fourth-order valence-electron chi connectivity index (χ4n) is 4.34. The number of ether oxygens (including phenoxy) is 2. The van der Waals surface area contributed by atoms with Crippen LogP contribution in [-0.2, 0) is 13.2 Å². The fraction of sp³-hybridized carbons (Fsp3) is 0.121. The molecule has 2 heterocycles. The lowest BCUT2D eigenvalue weighted by atomic mass is 10.1. The average Bonchev–Trinajstić information content (AvgIpc) is 3.62. The highest BCUT2D eigenvalue weighted by atomic mass is 35.5. The molecule has 0 spiro atoms. The number of hydrogen-bond acceptors (Lipinski definition) is 6. The van der Waals surface area contributed by atoms with Gasteiger partial charge in [0.25, 0.3) is 0 Å². The van der Waals surface area contributed by atoms with Gasteiger partial charge in [-0.2, -0.15) is 10.4 Å². The number of nitrogens with zero attached hydrogens (tertiary/aromatic N) is 3. The minimum absolute atomic E-state index is 0.110. The highest BCUT2D eigenvalue weighted by Crippen LogP contribution is 2.26. The van der Waals surface area contributed by atoms with Gasteiger partial charge in [0.05, 0.1) is 22.9 Å². The summed E-state index contributed by atoms with van der Waals surface area (Å²) in [7, 11) is 0. The lowest BCUT2D eigenvalue weighted by Crippen LogP contribution is -2.16. The number of halogens is 1. The fourth-order valence-corrected chi connectivity index (χ4v) is 4.59. The molecule has 0 unspecified atom stereocenters. The van der Waals surface area contributed by atoms with Crippen molar-refractivity contribution >= 4 is 23.7 Å². The number of nitrogens with one attached hydrogen (secondary N) is 1. The van der Waals surface area contributed by atoms with Crippen LogP contribution in [0.15, 0.2) is 101 Å². The summed E-state index contributed by atoms with van der Waals surface area (Å²) in [6.45, 7) is 4.52. The summed E-state index contributed by atoms with van der Waals surface area (Å²) in [6, 6.07) is 29.7. The van der Waals surface area contributed by atoms with E-state index in [0.29, 0.717) is 33.4 Å². The molecule has 1 N–H and O–H groups in total. The van der Waals surface area contributed by atoms with Crippen LogP contribution in [0.1, 0.15) is 44.4 Å². The number of aryl methyl sites for hydroxylation is 2. The number of rotatable bonds is 10. The molecular weight excluding hydrogens is 552 g/mol. The van der Waals surface area contributed by atoms with Crippen LogP contribution >= 0.6 is 11.6 Å². The molecule has 0 radical (unpaired) electrons. The number of furan rings is 1. The van der Waals surface area contributed by atoms with E-state index in [1.54, 1.807) is 42.5 Å². The molecular formula is C33H27ClN4O4. The maximum absolute atomic E-state index is 12.5. The summed E-state index contributed by atoms with van der Waals surface area (Å²) in [5.74, 6) is 1.28. The quantitative estimate of drug-likeness (QED) is 0.140. The minimum Gasteiger partial charge on any atom is -0.487 e. The molecule has 3 aromatic carbocycles. The molecule has 0 saturated carbocycles. The van der Waals surface area contributed by atoms with E-state index in [9.17, 15) is 10.1 Å². The van der Waals surface area contributed by atoms with Gasteiger partial charge in [0, 0.05) is 22.6 Å². The van der Waals surface area contributed by atoms with Crippen molar-refractivity contribution in [2.45, 2.75) is 27.1 Å². The first kappa shape index (κ1) is 28.3. The van der Waals surface area contributed by atoms with Crippen LogP contribution in [0.2, 0.25) is 5.02 Å². The smallest absolute Gasteiger partial charge is 0.307 e. The third kappa shape index (κ3) is 6.72. The topological polar surface area (TPSA) is 102 Å². The van der Waals surface area contributed by atoms with E-state index in [0.717, 1.165) is 22.6 Å². The van der Waals surface area contributed by atoms with Crippen molar-refractivity contribution in [2.24, 2.45) is 5.10 Å². The van der Waals surface area contributed by atoms with E-state index < -0.39 is 5.91 Å². The molecule has 9 heteroatoms. The highest BCUT2D eigenvalue weighted by Gasteiger charge is 2.12. The molecule has 2 aromatic heterocycles. The van der Waals surface area contributed by atoms with Crippen molar-refractivity contribution in [3.63, 3.8) is 0 Å². The van der Waals surface area contributed by atoms with E-state index in [4.69, 9.17) is 25.5 Å². The average molecular weight is 579 g/mol. The van der Waals surface area contributed by atoms with Crippen molar-refractivity contribution in [3.05, 3.63) is 136 Å². The van der Waals surface area contributed by atoms with Gasteiger partial charge in [-0.25, -0.2) is 5.43 Å². The summed E-state index contributed by atoms with van der Waals surface area (Å²) in [6.07, 6.45) is 1.46. The Bertz CT molecular complexity index is 1760. The van der Waals surface area contributed by atoms with Crippen LogP contribution in [0.4, 0.5) is 0 Å². The monoisotopic (exact) mass is 578 g/mol. The van der Waals surface area contributed by atoms with Gasteiger partial charge < -0.3 is 18.5 Å². The van der Waals surface area contributed by atoms with Crippen molar-refractivity contribution in [3.8, 4) is 23.3 Å². The van der Waals surface area contributed by atoms with Gasteiger partial charge in [-0.3, -0.25) is 4.79 Å². The van der Waals surface area contributed by atoms with Crippen LogP contribution in [0.25, 0.3) is 5.69 Å². The first-order valence-corrected chi connectivity index (χ1v) is 13.5. The van der Waals surface area contributed by atoms with Crippen molar-refractivity contribution in [1.82, 2.24) is 9.99 Å². The van der Waals surface area contributed by atoms with Crippen LogP contribution in [0, 0.1) is 25.2 Å². The summed E-state index contributed by atoms with van der Waals surface area (Å²) < 4.78 is 19.4. The lowest BCUT2D eigenvalue weighted by Gasteiger charge is -2.10. The molecule has 1 amide bonds. The van der Waals surface area contributed by atoms with Gasteiger partial charge in [-0.1, -0.05) is 29.8 Å². The molecule has 0 aliphatic carbocycles. The minimum atomic E-state index is -0.499. The van der Waals surface area contributed by atoms with Crippen molar-refractivity contribution < 1.29 is 18.7 Å². The Morgan fingerprint density at radius 3 is 2.48 bits per heavy atom. The summed E-state index contributed by atoms with van der Waals surface area (Å²) >= 11 is 6.36. The van der Waals surface area contributed by atoms with Crippen LogP contribution in [0.3, 0.4) is 0 Å². The molecule has 8 nitrogen and oxygen atoms in total. The molecule has 0 bridgehead atoms. The number of carbonyl (C=O) groups excluding carboxylic acids is 1. The Hall–Kier alpha value is -5.26. The molecule has 5 aromatic rings. The Balaban J connectivity index is 1.11.